The van der Waals surface area contributed by atoms with Crippen molar-refractivity contribution in [3.8, 4) is 10.6 Å². The number of fused-ring (bicyclic) bond motifs is 1. The van der Waals surface area contributed by atoms with E-state index in [0.717, 1.165) is 27.0 Å². The third kappa shape index (κ3) is 3.97. The Hall–Kier alpha value is -3.37. The van der Waals surface area contributed by atoms with Crippen LogP contribution < -0.4 is 10.6 Å². The van der Waals surface area contributed by atoms with Gasteiger partial charge in [-0.15, -0.1) is 10.2 Å². The molecule has 140 valence electrons. The second kappa shape index (κ2) is 7.71. The number of amides is 1. The first kappa shape index (κ1) is 18.0. The summed E-state index contributed by atoms with van der Waals surface area (Å²) in [6, 6.07) is 11.1. The lowest BCUT2D eigenvalue weighted by molar-refractivity contribution is -0.115. The van der Waals surface area contributed by atoms with Gasteiger partial charge in [0.15, 0.2) is 10.9 Å². The van der Waals surface area contributed by atoms with Crippen LogP contribution in [0.25, 0.3) is 21.6 Å². The average molecular weight is 410 g/mol. The molecule has 10 heteroatoms. The van der Waals surface area contributed by atoms with Gasteiger partial charge in [0.1, 0.15) is 10.8 Å². The van der Waals surface area contributed by atoms with Gasteiger partial charge in [-0.25, -0.2) is 0 Å². The largest absolute Gasteiger partial charge is 0.465 e. The number of nitrogens with one attached hydrogen (secondary N) is 2. The van der Waals surface area contributed by atoms with E-state index in [-0.39, 0.29) is 11.0 Å². The molecule has 28 heavy (non-hydrogen) atoms. The first-order valence-corrected chi connectivity index (χ1v) is 9.44. The number of hydrogen-bond donors (Lipinski definition) is 2. The number of carbonyl (C=O) groups excluding carboxylic acids is 1. The Morgan fingerprint density at radius 1 is 1.29 bits per heavy atom. The molecule has 0 fully saturated rings. The molecule has 4 rings (SSSR count). The molecule has 3 heterocycles. The zero-order chi connectivity index (χ0) is 19.5. The van der Waals surface area contributed by atoms with Crippen LogP contribution >= 0.6 is 23.6 Å². The van der Waals surface area contributed by atoms with E-state index in [1.165, 1.54) is 23.7 Å². The number of rotatable bonds is 4. The van der Waals surface area contributed by atoms with E-state index in [0.29, 0.717) is 5.76 Å². The lowest BCUT2D eigenvalue weighted by Gasteiger charge is -2.09. The lowest BCUT2D eigenvalue weighted by Crippen LogP contribution is -2.32. The minimum atomic E-state index is -0.353. The van der Waals surface area contributed by atoms with Gasteiger partial charge in [-0.1, -0.05) is 23.5 Å². The Morgan fingerprint density at radius 2 is 2.18 bits per heavy atom. The highest BCUT2D eigenvalue weighted by atomic mass is 32.1. The van der Waals surface area contributed by atoms with Crippen LogP contribution in [-0.4, -0.2) is 30.8 Å². The first-order chi connectivity index (χ1) is 13.6. The molecule has 3 aromatic heterocycles. The number of nitrogens with zero attached hydrogens (tertiary/aromatic N) is 4. The fraction of sp³-hybridized carbons (Fsp3) is 0.0556. The highest BCUT2D eigenvalue weighted by Crippen LogP contribution is 2.27. The number of anilines is 1. The summed E-state index contributed by atoms with van der Waals surface area (Å²) in [5, 5.41) is 19.2. The molecule has 0 aliphatic heterocycles. The van der Waals surface area contributed by atoms with Crippen molar-refractivity contribution < 1.29 is 9.21 Å². The van der Waals surface area contributed by atoms with E-state index in [1.807, 2.05) is 31.2 Å². The fourth-order valence-electron chi connectivity index (χ4n) is 2.42. The van der Waals surface area contributed by atoms with E-state index >= 15 is 0 Å². The van der Waals surface area contributed by atoms with E-state index in [2.05, 4.69) is 25.9 Å². The highest BCUT2D eigenvalue weighted by Gasteiger charge is 2.11. The van der Waals surface area contributed by atoms with Gasteiger partial charge in [0, 0.05) is 17.3 Å². The van der Waals surface area contributed by atoms with Gasteiger partial charge in [0.25, 0.3) is 0 Å². The van der Waals surface area contributed by atoms with Crippen LogP contribution in [0.5, 0.6) is 0 Å². The van der Waals surface area contributed by atoms with Crippen molar-refractivity contribution >= 4 is 51.3 Å². The number of furan rings is 1. The molecule has 0 bridgehead atoms. The maximum atomic E-state index is 11.9. The van der Waals surface area contributed by atoms with Gasteiger partial charge >= 0.3 is 0 Å². The topological polar surface area (TPSA) is 97.3 Å². The number of aryl methyl sites for hydroxylation is 1. The van der Waals surface area contributed by atoms with Crippen molar-refractivity contribution in [1.82, 2.24) is 25.1 Å². The van der Waals surface area contributed by atoms with Crippen LogP contribution in [0.1, 0.15) is 11.6 Å². The van der Waals surface area contributed by atoms with Crippen LogP contribution in [0.3, 0.4) is 0 Å². The average Bonchev–Trinajstić information content (AvgIpc) is 3.39. The zero-order valence-corrected chi connectivity index (χ0v) is 16.3. The van der Waals surface area contributed by atoms with Crippen LogP contribution in [-0.2, 0) is 4.79 Å². The molecule has 2 N–H and O–H groups in total. The van der Waals surface area contributed by atoms with Gasteiger partial charge < -0.3 is 9.73 Å². The van der Waals surface area contributed by atoms with Crippen LogP contribution in [0.2, 0.25) is 0 Å². The Kier molecular flexibility index (Phi) is 4.96. The number of carbonyl (C=O) groups is 1. The van der Waals surface area contributed by atoms with E-state index < -0.39 is 0 Å². The number of benzene rings is 1. The van der Waals surface area contributed by atoms with Gasteiger partial charge in [0.2, 0.25) is 10.9 Å². The molecule has 0 unspecified atom stereocenters. The summed E-state index contributed by atoms with van der Waals surface area (Å²) in [5.74, 6) is 0.967. The molecule has 0 aliphatic carbocycles. The second-order valence-electron chi connectivity index (χ2n) is 5.72. The van der Waals surface area contributed by atoms with E-state index in [9.17, 15) is 4.79 Å². The summed E-state index contributed by atoms with van der Waals surface area (Å²) >= 11 is 6.65. The minimum absolute atomic E-state index is 0.195. The molecule has 0 atom stereocenters. The van der Waals surface area contributed by atoms with Crippen molar-refractivity contribution in [3.63, 3.8) is 0 Å². The molecular weight excluding hydrogens is 396 g/mol. The molecule has 0 saturated carbocycles. The van der Waals surface area contributed by atoms with Crippen LogP contribution in [0.15, 0.2) is 53.2 Å². The maximum Gasteiger partial charge on any atom is 0.250 e. The highest BCUT2D eigenvalue weighted by molar-refractivity contribution is 7.80. The summed E-state index contributed by atoms with van der Waals surface area (Å²) in [6.07, 6.45) is 4.45. The quantitative estimate of drug-likeness (QED) is 0.394. The second-order valence-corrected chi connectivity index (χ2v) is 7.09. The summed E-state index contributed by atoms with van der Waals surface area (Å²) in [5.41, 5.74) is 1.65. The maximum absolute atomic E-state index is 11.9. The predicted molar refractivity (Wildman–Crippen MR) is 111 cm³/mol. The standard InChI is InChI=1S/C18H14N6O2S2/c1-11-21-22-18-24(11)23-16(28-18)12-4-2-5-13(10-12)19-17(27)20-15(25)8-7-14-6-3-9-26-14/h2-10H,1H3,(H2,19,20,25,27). The molecule has 1 amide bonds. The van der Waals surface area contributed by atoms with Gasteiger partial charge in [-0.2, -0.15) is 9.61 Å². The lowest BCUT2D eigenvalue weighted by atomic mass is 10.2. The fourth-order valence-corrected chi connectivity index (χ4v) is 3.52. The molecule has 8 nitrogen and oxygen atoms in total. The molecule has 0 saturated heterocycles. The van der Waals surface area contributed by atoms with Crippen molar-refractivity contribution in [3.05, 3.63) is 60.3 Å². The molecule has 0 radical (unpaired) electrons. The Bertz CT molecular complexity index is 1180. The summed E-state index contributed by atoms with van der Waals surface area (Å²) < 4.78 is 6.84. The molecule has 0 spiro atoms. The Labute approximate surface area is 168 Å². The summed E-state index contributed by atoms with van der Waals surface area (Å²) in [7, 11) is 0. The third-order valence-corrected chi connectivity index (χ3v) is 4.85. The predicted octanol–water partition coefficient (Wildman–Crippen LogP) is 3.28. The monoisotopic (exact) mass is 410 g/mol. The van der Waals surface area contributed by atoms with E-state index in [4.69, 9.17) is 16.6 Å². The SMILES string of the molecule is Cc1nnc2sc(-c3cccc(NC(=S)NC(=O)C=Cc4ccco4)c3)nn12. The van der Waals surface area contributed by atoms with Crippen molar-refractivity contribution in [2.24, 2.45) is 0 Å². The number of thiocarbonyl (C=S) groups is 1. The molecular formula is C18H14N6O2S2. The Balaban J connectivity index is 1.42. The van der Waals surface area contributed by atoms with Gasteiger partial charge in [0.05, 0.1) is 6.26 Å². The van der Waals surface area contributed by atoms with Crippen molar-refractivity contribution in [2.75, 3.05) is 5.32 Å². The minimum Gasteiger partial charge on any atom is -0.465 e. The Morgan fingerprint density at radius 3 is 2.96 bits per heavy atom. The summed E-state index contributed by atoms with van der Waals surface area (Å²) in [6.45, 7) is 1.85. The molecule has 4 aromatic rings. The number of aromatic nitrogens is 4. The van der Waals surface area contributed by atoms with Gasteiger partial charge in [-0.3, -0.25) is 10.1 Å². The molecule has 1 aromatic carbocycles. The molecule has 0 aliphatic rings. The van der Waals surface area contributed by atoms with Crippen molar-refractivity contribution in [2.45, 2.75) is 6.92 Å². The van der Waals surface area contributed by atoms with Crippen LogP contribution in [0, 0.1) is 6.92 Å². The summed E-state index contributed by atoms with van der Waals surface area (Å²) in [4.78, 5) is 12.7. The third-order valence-electron chi connectivity index (χ3n) is 3.69. The van der Waals surface area contributed by atoms with Gasteiger partial charge in [-0.05, 0) is 49.5 Å². The van der Waals surface area contributed by atoms with Crippen molar-refractivity contribution in [1.29, 1.82) is 0 Å². The first-order valence-electron chi connectivity index (χ1n) is 8.21. The zero-order valence-electron chi connectivity index (χ0n) is 14.6. The normalized spacial score (nSPS) is 11.2. The smallest absolute Gasteiger partial charge is 0.250 e. The van der Waals surface area contributed by atoms with E-state index in [1.54, 1.807) is 22.7 Å². The van der Waals surface area contributed by atoms with Crippen LogP contribution in [0.4, 0.5) is 5.69 Å². The number of hydrogen-bond acceptors (Lipinski definition) is 7.